The van der Waals surface area contributed by atoms with E-state index >= 15 is 0 Å². The van der Waals surface area contributed by atoms with Crippen LogP contribution in [0.1, 0.15) is 11.1 Å². The second-order valence-corrected chi connectivity index (χ2v) is 7.36. The Morgan fingerprint density at radius 3 is 0.850 bits per heavy atom. The van der Waals surface area contributed by atoms with Crippen LogP contribution in [0.5, 0.6) is 0 Å². The van der Waals surface area contributed by atoms with Gasteiger partial charge >= 0.3 is 12.4 Å². The van der Waals surface area contributed by atoms with Gasteiger partial charge in [-0.15, -0.1) is 0 Å². The van der Waals surface area contributed by atoms with E-state index in [0.717, 1.165) is 0 Å². The number of benzene rings is 2. The molecule has 3 rings (SSSR count). The van der Waals surface area contributed by atoms with E-state index in [1.807, 2.05) is 0 Å². The number of allylic oxidation sites excluding steroid dienone is 6. The topological polar surface area (TPSA) is 47.6 Å². The Hall–Kier alpha value is -4.48. The van der Waals surface area contributed by atoms with E-state index in [4.69, 9.17) is 10.5 Å². The van der Waals surface area contributed by atoms with Crippen LogP contribution in [0.3, 0.4) is 0 Å². The van der Waals surface area contributed by atoms with Crippen molar-refractivity contribution in [1.29, 1.82) is 10.5 Å². The lowest BCUT2D eigenvalue weighted by atomic mass is 9.87. The number of nitriles is 2. The molecule has 1 aliphatic rings. The fourth-order valence-electron chi connectivity index (χ4n) is 3.73. The smallest absolute Gasteiger partial charge is 0.203 e. The minimum absolute atomic E-state index is 0.599. The molecule has 0 fully saturated rings. The molecular weight excluding hydrogens is 596 g/mol. The van der Waals surface area contributed by atoms with Gasteiger partial charge in [0.1, 0.15) is 17.7 Å². The van der Waals surface area contributed by atoms with Gasteiger partial charge in [0.25, 0.3) is 0 Å². The lowest BCUT2D eigenvalue weighted by Crippen LogP contribution is -2.24. The fraction of sp³-hybridized carbons (Fsp3) is 0.0909. The summed E-state index contributed by atoms with van der Waals surface area (Å²) in [5, 5.41) is 18.3. The van der Waals surface area contributed by atoms with Crippen molar-refractivity contribution in [2.45, 2.75) is 12.4 Å². The van der Waals surface area contributed by atoms with Gasteiger partial charge in [-0.05, 0) is 0 Å². The van der Waals surface area contributed by atoms with E-state index in [2.05, 4.69) is 0 Å². The average molecular weight is 596 g/mol. The Morgan fingerprint density at radius 1 is 0.425 bits per heavy atom. The zero-order chi connectivity index (χ0) is 30.8. The minimum Gasteiger partial charge on any atom is -0.203 e. The molecule has 0 radical (unpaired) electrons. The van der Waals surface area contributed by atoms with E-state index in [9.17, 15) is 70.2 Å². The number of halogens is 16. The zero-order valence-corrected chi connectivity index (χ0v) is 17.9. The second-order valence-electron chi connectivity index (χ2n) is 7.36. The van der Waals surface area contributed by atoms with Crippen LogP contribution >= 0.6 is 0 Å². The van der Waals surface area contributed by atoms with Gasteiger partial charge in [-0.1, -0.05) is 0 Å². The molecule has 2 nitrogen and oxygen atoms in total. The first-order chi connectivity index (χ1) is 18.2. The molecule has 2 aromatic carbocycles. The fourth-order valence-corrected chi connectivity index (χ4v) is 3.73. The molecule has 0 N–H and O–H groups in total. The number of hydrogen-bond donors (Lipinski definition) is 0. The highest BCUT2D eigenvalue weighted by Gasteiger charge is 2.57. The molecule has 0 amide bonds. The van der Waals surface area contributed by atoms with Crippen LogP contribution in [0, 0.1) is 80.8 Å². The first kappa shape index (κ1) is 30.1. The summed E-state index contributed by atoms with van der Waals surface area (Å²) in [4.78, 5) is 0. The van der Waals surface area contributed by atoms with Gasteiger partial charge in [-0.2, -0.15) is 36.9 Å². The van der Waals surface area contributed by atoms with Crippen molar-refractivity contribution in [3.05, 3.63) is 91.6 Å². The Morgan fingerprint density at radius 2 is 0.650 bits per heavy atom. The van der Waals surface area contributed by atoms with Crippen molar-refractivity contribution in [2.75, 3.05) is 0 Å². The van der Waals surface area contributed by atoms with Crippen LogP contribution in [0.2, 0.25) is 0 Å². The highest BCUT2D eigenvalue weighted by atomic mass is 19.4. The Kier molecular flexibility index (Phi) is 7.23. The molecule has 0 atom stereocenters. The second kappa shape index (κ2) is 9.61. The van der Waals surface area contributed by atoms with Gasteiger partial charge < -0.3 is 0 Å². The van der Waals surface area contributed by atoms with Crippen molar-refractivity contribution in [3.8, 4) is 12.1 Å². The van der Waals surface area contributed by atoms with Gasteiger partial charge in [0, 0.05) is 16.7 Å². The summed E-state index contributed by atoms with van der Waals surface area (Å²) in [5.41, 5.74) is -23.1. The predicted octanol–water partition coefficient (Wildman–Crippen LogP) is 7.77. The average Bonchev–Trinajstić information content (AvgIpc) is 3.21. The lowest BCUT2D eigenvalue weighted by molar-refractivity contribution is -0.116. The van der Waals surface area contributed by atoms with E-state index in [0.29, 0.717) is 12.1 Å². The summed E-state index contributed by atoms with van der Waals surface area (Å²) in [6.07, 6.45) is -13.3. The number of nitrogens with zero attached hydrogens (tertiary/aromatic N) is 2. The third-order valence-electron chi connectivity index (χ3n) is 5.21. The first-order valence-corrected chi connectivity index (χ1v) is 9.47. The summed E-state index contributed by atoms with van der Waals surface area (Å²) < 4.78 is 226. The molecule has 0 saturated heterocycles. The largest absolute Gasteiger partial charge is 0.417 e. The molecule has 0 aliphatic heterocycles. The van der Waals surface area contributed by atoms with Gasteiger partial charge in [0.2, 0.25) is 11.6 Å². The summed E-state index contributed by atoms with van der Waals surface area (Å²) >= 11 is 0. The highest BCUT2D eigenvalue weighted by Crippen LogP contribution is 2.59. The van der Waals surface area contributed by atoms with E-state index in [1.165, 1.54) is 0 Å². The highest BCUT2D eigenvalue weighted by molar-refractivity contribution is 6.10. The van der Waals surface area contributed by atoms with Crippen LogP contribution in [-0.4, -0.2) is 12.4 Å². The molecule has 0 bridgehead atoms. The third kappa shape index (κ3) is 4.23. The van der Waals surface area contributed by atoms with Crippen molar-refractivity contribution < 1.29 is 70.2 Å². The van der Waals surface area contributed by atoms with Crippen molar-refractivity contribution in [3.63, 3.8) is 0 Å². The van der Waals surface area contributed by atoms with Crippen molar-refractivity contribution in [2.24, 2.45) is 0 Å². The van der Waals surface area contributed by atoms with Crippen LogP contribution in [0.15, 0.2) is 22.3 Å². The molecule has 0 unspecified atom stereocenters. The number of rotatable bonds is 2. The van der Waals surface area contributed by atoms with E-state index in [-0.39, 0.29) is 0 Å². The summed E-state index contributed by atoms with van der Waals surface area (Å²) in [5.74, 6) is -31.4. The molecule has 1 aliphatic carbocycles. The van der Waals surface area contributed by atoms with Crippen LogP contribution in [0.4, 0.5) is 70.2 Å². The summed E-state index contributed by atoms with van der Waals surface area (Å²) in [6.45, 7) is 0. The van der Waals surface area contributed by atoms with Gasteiger partial charge in [-0.3, -0.25) is 0 Å². The molecule has 40 heavy (non-hydrogen) atoms. The quantitative estimate of drug-likeness (QED) is 0.154. The van der Waals surface area contributed by atoms with Crippen LogP contribution < -0.4 is 0 Å². The van der Waals surface area contributed by atoms with Crippen molar-refractivity contribution >= 4 is 11.1 Å². The van der Waals surface area contributed by atoms with E-state index in [1.54, 1.807) is 0 Å². The lowest BCUT2D eigenvalue weighted by Gasteiger charge is -2.18. The van der Waals surface area contributed by atoms with Gasteiger partial charge in [0.15, 0.2) is 46.5 Å². The maximum absolute atomic E-state index is 14.6. The molecule has 0 saturated carbocycles. The zero-order valence-electron chi connectivity index (χ0n) is 17.9. The maximum Gasteiger partial charge on any atom is 0.417 e. The minimum atomic E-state index is -6.63. The SMILES string of the molecule is N#CC(C#N)=C1C(c2c(F)c(F)c(F)c(F)c2F)=C(C(F)(F)F)C(C(F)(F)F)=C1c1c(F)c(F)c(F)c(F)c1F. The molecule has 18 heteroatoms. The summed E-state index contributed by atoms with van der Waals surface area (Å²) in [7, 11) is 0. The Labute approximate surface area is 208 Å². The first-order valence-electron chi connectivity index (χ1n) is 9.47. The van der Waals surface area contributed by atoms with Gasteiger partial charge in [-0.25, -0.2) is 43.9 Å². The molecule has 0 aromatic heterocycles. The molecule has 0 heterocycles. The van der Waals surface area contributed by atoms with Crippen LogP contribution in [-0.2, 0) is 0 Å². The van der Waals surface area contributed by atoms with E-state index < -0.39 is 115 Å². The molecule has 0 spiro atoms. The molecular formula is C22F16N2. The maximum atomic E-state index is 14.6. The van der Waals surface area contributed by atoms with Crippen molar-refractivity contribution in [1.82, 2.24) is 0 Å². The molecule has 2 aromatic rings. The molecule has 210 valence electrons. The number of alkyl halides is 6. The number of hydrogen-bond acceptors (Lipinski definition) is 2. The monoisotopic (exact) mass is 596 g/mol. The Balaban J connectivity index is 2.86. The van der Waals surface area contributed by atoms with Gasteiger partial charge in [0.05, 0.1) is 22.3 Å². The van der Waals surface area contributed by atoms with Crippen LogP contribution in [0.25, 0.3) is 11.1 Å². The normalized spacial score (nSPS) is 14.2. The standard InChI is InChI=1S/C22F16N2/c23-11-7(12(24)16(28)19(31)15(11)27)5-4(3(1-39)2-40)6(10(22(36,37)38)9(5)21(33,34)35)8-13(25)17(29)20(32)18(30)14(8)26. The summed E-state index contributed by atoms with van der Waals surface area (Å²) in [6, 6.07) is 1.20. The third-order valence-corrected chi connectivity index (χ3v) is 5.21. The Bertz CT molecular complexity index is 1490. The predicted molar refractivity (Wildman–Crippen MR) is 96.7 cm³/mol.